The molecular formula is C20H28N8S. The third-order valence-electron chi connectivity index (χ3n) is 5.98. The van der Waals surface area contributed by atoms with Gasteiger partial charge in [0.25, 0.3) is 0 Å². The van der Waals surface area contributed by atoms with Crippen LogP contribution >= 0.6 is 11.5 Å². The van der Waals surface area contributed by atoms with Crippen molar-refractivity contribution in [3.63, 3.8) is 0 Å². The maximum Gasteiger partial charge on any atom is 0.229 e. The Hall–Kier alpha value is -2.28. The predicted molar refractivity (Wildman–Crippen MR) is 116 cm³/mol. The van der Waals surface area contributed by atoms with Crippen LogP contribution < -0.4 is 10.2 Å². The molecule has 2 fully saturated rings. The Morgan fingerprint density at radius 1 is 1.24 bits per heavy atom. The van der Waals surface area contributed by atoms with Crippen LogP contribution in [0.25, 0.3) is 0 Å². The zero-order valence-corrected chi connectivity index (χ0v) is 18.2. The second-order valence-corrected chi connectivity index (χ2v) is 8.80. The van der Waals surface area contributed by atoms with Crippen molar-refractivity contribution in [3.05, 3.63) is 23.5 Å². The van der Waals surface area contributed by atoms with Crippen molar-refractivity contribution in [2.45, 2.75) is 32.7 Å². The number of piperazine rings is 1. The van der Waals surface area contributed by atoms with E-state index in [1.165, 1.54) is 11.5 Å². The zero-order valence-electron chi connectivity index (χ0n) is 17.4. The minimum absolute atomic E-state index is 0.0612. The molecule has 4 rings (SSSR count). The first-order valence-electron chi connectivity index (χ1n) is 10.2. The molecule has 29 heavy (non-hydrogen) atoms. The number of anilines is 3. The molecule has 2 aromatic rings. The topological polar surface area (TPSA) is 84.2 Å². The van der Waals surface area contributed by atoms with Gasteiger partial charge in [-0.15, -0.1) is 0 Å². The Labute approximate surface area is 176 Å². The van der Waals surface area contributed by atoms with Crippen LogP contribution in [0.1, 0.15) is 24.6 Å². The summed E-state index contributed by atoms with van der Waals surface area (Å²) in [4.78, 5) is 16.5. The molecular weight excluding hydrogens is 384 g/mol. The van der Waals surface area contributed by atoms with Crippen LogP contribution in [-0.2, 0) is 0 Å². The molecule has 0 atom stereocenters. The highest BCUT2D eigenvalue weighted by atomic mass is 32.1. The van der Waals surface area contributed by atoms with Crippen molar-refractivity contribution >= 4 is 28.3 Å². The minimum Gasteiger partial charge on any atom is -0.352 e. The second kappa shape index (κ2) is 8.22. The molecule has 2 saturated heterocycles. The van der Waals surface area contributed by atoms with Gasteiger partial charge in [0.15, 0.2) is 0 Å². The van der Waals surface area contributed by atoms with Crippen LogP contribution in [0.15, 0.2) is 12.3 Å². The number of rotatable bonds is 6. The highest BCUT2D eigenvalue weighted by Crippen LogP contribution is 2.36. The molecule has 0 aromatic carbocycles. The summed E-state index contributed by atoms with van der Waals surface area (Å²) in [7, 11) is 0. The van der Waals surface area contributed by atoms with Gasteiger partial charge in [-0.3, -0.25) is 4.90 Å². The lowest BCUT2D eigenvalue weighted by molar-refractivity contribution is 0.0165. The second-order valence-electron chi connectivity index (χ2n) is 7.99. The first kappa shape index (κ1) is 20.0. The van der Waals surface area contributed by atoms with Crippen LogP contribution in [0.3, 0.4) is 0 Å². The maximum absolute atomic E-state index is 9.47. The van der Waals surface area contributed by atoms with Crippen molar-refractivity contribution < 1.29 is 0 Å². The van der Waals surface area contributed by atoms with Gasteiger partial charge in [0, 0.05) is 51.0 Å². The maximum atomic E-state index is 9.47. The smallest absolute Gasteiger partial charge is 0.229 e. The molecule has 8 nitrogen and oxygen atoms in total. The Morgan fingerprint density at radius 2 is 2.00 bits per heavy atom. The molecule has 0 spiro atoms. The van der Waals surface area contributed by atoms with E-state index >= 15 is 0 Å². The van der Waals surface area contributed by atoms with Gasteiger partial charge in [-0.1, -0.05) is 6.92 Å². The van der Waals surface area contributed by atoms with E-state index in [1.807, 2.05) is 26.1 Å². The largest absolute Gasteiger partial charge is 0.352 e. The van der Waals surface area contributed by atoms with Gasteiger partial charge in [-0.05, 0) is 38.0 Å². The fraction of sp³-hybridized carbons (Fsp3) is 0.600. The van der Waals surface area contributed by atoms with Crippen LogP contribution in [0.4, 0.5) is 16.8 Å². The number of aryl methyl sites for hydroxylation is 2. The zero-order chi connectivity index (χ0) is 20.4. The average molecular weight is 413 g/mol. The standard InChI is InChI=1S/C20H28N8S/c1-4-26-7-9-28(10-8-26)20(5-6-21)13-27(14-20)18-15(2)12-22-19(24-18)23-17-11-16(3)25-29-17/h11-12H,4-5,7-10,13-14H2,1-3H3,(H,22,23,24). The normalized spacial score (nSPS) is 19.6. The van der Waals surface area contributed by atoms with Gasteiger partial charge in [0.1, 0.15) is 10.8 Å². The Kier molecular flexibility index (Phi) is 5.67. The SMILES string of the molecule is CCN1CCN(C2(CC#N)CN(c3nc(Nc4cc(C)ns4)ncc3C)C2)CC1. The number of nitrogens with one attached hydrogen (secondary N) is 1. The van der Waals surface area contributed by atoms with Crippen molar-refractivity contribution in [1.29, 1.82) is 5.26 Å². The molecule has 0 saturated carbocycles. The fourth-order valence-electron chi connectivity index (χ4n) is 4.27. The summed E-state index contributed by atoms with van der Waals surface area (Å²) >= 11 is 1.41. The fourth-order valence-corrected chi connectivity index (χ4v) is 4.92. The molecule has 0 radical (unpaired) electrons. The molecule has 0 bridgehead atoms. The van der Waals surface area contributed by atoms with Gasteiger partial charge in [0.2, 0.25) is 5.95 Å². The van der Waals surface area contributed by atoms with E-state index in [4.69, 9.17) is 4.98 Å². The van der Waals surface area contributed by atoms with E-state index < -0.39 is 0 Å². The molecule has 0 amide bonds. The highest BCUT2D eigenvalue weighted by Gasteiger charge is 2.48. The monoisotopic (exact) mass is 412 g/mol. The molecule has 9 heteroatoms. The quantitative estimate of drug-likeness (QED) is 0.774. The average Bonchev–Trinajstić information content (AvgIpc) is 3.11. The molecule has 4 heterocycles. The van der Waals surface area contributed by atoms with E-state index in [-0.39, 0.29) is 5.54 Å². The van der Waals surface area contributed by atoms with Gasteiger partial charge < -0.3 is 15.1 Å². The first-order chi connectivity index (χ1) is 14.0. The Balaban J connectivity index is 1.47. The van der Waals surface area contributed by atoms with Crippen LogP contribution in [0, 0.1) is 25.2 Å². The van der Waals surface area contributed by atoms with E-state index in [2.05, 4.69) is 42.4 Å². The first-order valence-corrected chi connectivity index (χ1v) is 10.9. The Bertz CT molecular complexity index is 890. The summed E-state index contributed by atoms with van der Waals surface area (Å²) < 4.78 is 4.29. The number of hydrogen-bond donors (Lipinski definition) is 1. The number of nitrogens with zero attached hydrogens (tertiary/aromatic N) is 7. The van der Waals surface area contributed by atoms with E-state index in [1.54, 1.807) is 0 Å². The van der Waals surface area contributed by atoms with Gasteiger partial charge in [-0.2, -0.15) is 14.6 Å². The lowest BCUT2D eigenvalue weighted by atomic mass is 9.83. The summed E-state index contributed by atoms with van der Waals surface area (Å²) in [6.45, 7) is 13.2. The summed E-state index contributed by atoms with van der Waals surface area (Å²) in [6, 6.07) is 4.42. The Morgan fingerprint density at radius 3 is 2.62 bits per heavy atom. The highest BCUT2D eigenvalue weighted by molar-refractivity contribution is 7.10. The van der Waals surface area contributed by atoms with Gasteiger partial charge >= 0.3 is 0 Å². The molecule has 2 aliphatic rings. The van der Waals surface area contributed by atoms with E-state index in [0.717, 1.165) is 67.9 Å². The molecule has 0 unspecified atom stereocenters. The van der Waals surface area contributed by atoms with Crippen LogP contribution in [0.2, 0.25) is 0 Å². The number of aromatic nitrogens is 3. The number of hydrogen-bond acceptors (Lipinski definition) is 9. The third-order valence-corrected chi connectivity index (χ3v) is 6.77. The lowest BCUT2D eigenvalue weighted by Gasteiger charge is -2.57. The van der Waals surface area contributed by atoms with Crippen molar-refractivity contribution in [1.82, 2.24) is 24.1 Å². The number of nitriles is 1. The molecule has 2 aliphatic heterocycles. The van der Waals surface area contributed by atoms with E-state index in [0.29, 0.717) is 12.4 Å². The predicted octanol–water partition coefficient (Wildman–Crippen LogP) is 2.40. The van der Waals surface area contributed by atoms with Crippen LogP contribution in [-0.4, -0.2) is 75.5 Å². The minimum atomic E-state index is -0.0612. The molecule has 0 aliphatic carbocycles. The summed E-state index contributed by atoms with van der Waals surface area (Å²) in [5, 5.41) is 13.7. The summed E-state index contributed by atoms with van der Waals surface area (Å²) in [5.41, 5.74) is 1.98. The van der Waals surface area contributed by atoms with Crippen molar-refractivity contribution in [2.24, 2.45) is 0 Å². The van der Waals surface area contributed by atoms with Crippen molar-refractivity contribution in [2.75, 3.05) is 56.0 Å². The summed E-state index contributed by atoms with van der Waals surface area (Å²) in [5.74, 6) is 1.54. The lowest BCUT2D eigenvalue weighted by Crippen LogP contribution is -2.72. The van der Waals surface area contributed by atoms with Gasteiger partial charge in [-0.25, -0.2) is 4.98 Å². The number of likely N-dealkylation sites (N-methyl/N-ethyl adjacent to an activating group) is 1. The molecule has 154 valence electrons. The molecule has 1 N–H and O–H groups in total. The van der Waals surface area contributed by atoms with Gasteiger partial charge in [0.05, 0.1) is 23.7 Å². The van der Waals surface area contributed by atoms with E-state index in [9.17, 15) is 5.26 Å². The van der Waals surface area contributed by atoms with Crippen LogP contribution in [0.5, 0.6) is 0 Å². The third kappa shape index (κ3) is 4.06. The van der Waals surface area contributed by atoms with Crippen molar-refractivity contribution in [3.8, 4) is 6.07 Å². The molecule has 2 aromatic heterocycles. The summed E-state index contributed by atoms with van der Waals surface area (Å²) in [6.07, 6.45) is 2.42.